The van der Waals surface area contributed by atoms with Crippen LogP contribution in [-0.4, -0.2) is 23.4 Å². The maximum Gasteiger partial charge on any atom is 0.408 e. The second kappa shape index (κ2) is 6.61. The zero-order valence-electron chi connectivity index (χ0n) is 11.3. The molecule has 0 saturated heterocycles. The fourth-order valence-corrected chi connectivity index (χ4v) is 1.79. The number of benzene rings is 1. The Hall–Kier alpha value is -1.04. The van der Waals surface area contributed by atoms with Gasteiger partial charge in [-0.05, 0) is 38.5 Å². The molecule has 0 aliphatic heterocycles. The van der Waals surface area contributed by atoms with E-state index in [1.54, 1.807) is 20.8 Å². The van der Waals surface area contributed by atoms with Gasteiger partial charge in [0.05, 0.1) is 22.7 Å². The van der Waals surface area contributed by atoms with E-state index in [0.29, 0.717) is 5.56 Å². The first-order valence-electron chi connectivity index (χ1n) is 5.89. The molecule has 0 unspecified atom stereocenters. The molecular formula is C13H16Cl2FNO3. The third kappa shape index (κ3) is 4.81. The fraction of sp³-hybridized carbons (Fsp3) is 0.462. The molecule has 20 heavy (non-hydrogen) atoms. The van der Waals surface area contributed by atoms with Gasteiger partial charge in [0.1, 0.15) is 11.4 Å². The molecule has 0 spiro atoms. The van der Waals surface area contributed by atoms with E-state index in [4.69, 9.17) is 27.9 Å². The van der Waals surface area contributed by atoms with Gasteiger partial charge in [-0.15, -0.1) is 0 Å². The molecule has 1 rings (SSSR count). The van der Waals surface area contributed by atoms with E-state index in [-0.39, 0.29) is 10.0 Å². The summed E-state index contributed by atoms with van der Waals surface area (Å²) in [6.45, 7) is 4.69. The molecule has 0 radical (unpaired) electrons. The maximum atomic E-state index is 13.5. The highest BCUT2D eigenvalue weighted by Crippen LogP contribution is 2.29. The number of aliphatic hydroxyl groups is 1. The largest absolute Gasteiger partial charge is 0.444 e. The minimum absolute atomic E-state index is 0.00565. The van der Waals surface area contributed by atoms with Crippen molar-refractivity contribution in [3.63, 3.8) is 0 Å². The highest BCUT2D eigenvalue weighted by atomic mass is 35.5. The number of ether oxygens (including phenoxy) is 1. The number of alkyl carbamates (subject to hydrolysis) is 1. The molecule has 0 fully saturated rings. The lowest BCUT2D eigenvalue weighted by molar-refractivity contribution is 0.0481. The Bertz CT molecular complexity index is 480. The van der Waals surface area contributed by atoms with E-state index in [1.807, 2.05) is 0 Å². The summed E-state index contributed by atoms with van der Waals surface area (Å²) in [4.78, 5) is 11.6. The molecule has 1 aromatic carbocycles. The SMILES string of the molecule is CC(C)(C)OC(=O)N[C@H](CO)c1cc(F)c(Cl)c(Cl)c1. The number of carbonyl (C=O) groups excluding carboxylic acids is 1. The molecule has 0 aliphatic carbocycles. The Morgan fingerprint density at radius 1 is 1.45 bits per heavy atom. The first-order valence-corrected chi connectivity index (χ1v) is 6.64. The summed E-state index contributed by atoms with van der Waals surface area (Å²) in [5, 5.41) is 11.5. The first-order chi connectivity index (χ1) is 9.14. The van der Waals surface area contributed by atoms with Crippen LogP contribution in [0.5, 0.6) is 0 Å². The number of aliphatic hydroxyl groups excluding tert-OH is 1. The van der Waals surface area contributed by atoms with E-state index in [1.165, 1.54) is 6.07 Å². The number of nitrogens with one attached hydrogen (secondary N) is 1. The summed E-state index contributed by atoms with van der Waals surface area (Å²) < 4.78 is 18.6. The van der Waals surface area contributed by atoms with Crippen molar-refractivity contribution in [2.45, 2.75) is 32.4 Å². The van der Waals surface area contributed by atoms with Gasteiger partial charge in [-0.1, -0.05) is 23.2 Å². The highest BCUT2D eigenvalue weighted by Gasteiger charge is 2.21. The van der Waals surface area contributed by atoms with Crippen LogP contribution < -0.4 is 5.32 Å². The fourth-order valence-electron chi connectivity index (χ4n) is 1.46. The van der Waals surface area contributed by atoms with Crippen molar-refractivity contribution < 1.29 is 19.0 Å². The Morgan fingerprint density at radius 2 is 2.05 bits per heavy atom. The number of hydrogen-bond acceptors (Lipinski definition) is 3. The molecule has 112 valence electrons. The van der Waals surface area contributed by atoms with Crippen LogP contribution in [-0.2, 0) is 4.74 Å². The number of halogens is 3. The van der Waals surface area contributed by atoms with Crippen LogP contribution in [0.25, 0.3) is 0 Å². The van der Waals surface area contributed by atoms with Crippen LogP contribution >= 0.6 is 23.2 Å². The van der Waals surface area contributed by atoms with E-state index >= 15 is 0 Å². The molecule has 1 atom stereocenters. The molecule has 0 aromatic heterocycles. The Morgan fingerprint density at radius 3 is 2.50 bits per heavy atom. The quantitative estimate of drug-likeness (QED) is 0.834. The average Bonchev–Trinajstić information content (AvgIpc) is 2.30. The molecular weight excluding hydrogens is 308 g/mol. The molecule has 7 heteroatoms. The van der Waals surface area contributed by atoms with Crippen molar-refractivity contribution in [2.75, 3.05) is 6.61 Å². The van der Waals surface area contributed by atoms with Crippen molar-refractivity contribution in [3.05, 3.63) is 33.6 Å². The van der Waals surface area contributed by atoms with Gasteiger partial charge in [-0.3, -0.25) is 0 Å². The lowest BCUT2D eigenvalue weighted by Gasteiger charge is -2.23. The Balaban J connectivity index is 2.89. The van der Waals surface area contributed by atoms with Gasteiger partial charge in [0.15, 0.2) is 0 Å². The first kappa shape index (κ1) is 17.0. The van der Waals surface area contributed by atoms with E-state index in [0.717, 1.165) is 6.07 Å². The van der Waals surface area contributed by atoms with Crippen LogP contribution in [0, 0.1) is 5.82 Å². The molecule has 4 nitrogen and oxygen atoms in total. The van der Waals surface area contributed by atoms with Crippen LogP contribution in [0.1, 0.15) is 32.4 Å². The lowest BCUT2D eigenvalue weighted by atomic mass is 10.1. The summed E-state index contributed by atoms with van der Waals surface area (Å²) in [6.07, 6.45) is -0.719. The predicted molar refractivity (Wildman–Crippen MR) is 75.6 cm³/mol. The van der Waals surface area contributed by atoms with Crippen LogP contribution in [0.2, 0.25) is 10.0 Å². The van der Waals surface area contributed by atoms with E-state index in [2.05, 4.69) is 5.32 Å². The standard InChI is InChI=1S/C13H16Cl2FNO3/c1-13(2,3)20-12(19)17-10(6-18)7-4-8(14)11(15)9(16)5-7/h4-5,10,18H,6H2,1-3H3,(H,17,19)/t10-/m1/s1. The summed E-state index contributed by atoms with van der Waals surface area (Å²) >= 11 is 11.4. The molecule has 0 bridgehead atoms. The number of hydrogen-bond donors (Lipinski definition) is 2. The van der Waals surface area contributed by atoms with Gasteiger partial charge >= 0.3 is 6.09 Å². The average molecular weight is 324 g/mol. The van der Waals surface area contributed by atoms with Crippen molar-refractivity contribution in [1.82, 2.24) is 5.32 Å². The van der Waals surface area contributed by atoms with Gasteiger partial charge < -0.3 is 15.2 Å². The number of rotatable bonds is 3. The van der Waals surface area contributed by atoms with Gasteiger partial charge in [0.25, 0.3) is 0 Å². The molecule has 0 aliphatic rings. The zero-order valence-corrected chi connectivity index (χ0v) is 12.8. The number of amides is 1. The number of carbonyl (C=O) groups is 1. The predicted octanol–water partition coefficient (Wildman–Crippen LogP) is 3.69. The van der Waals surface area contributed by atoms with Crippen molar-refractivity contribution in [2.24, 2.45) is 0 Å². The summed E-state index contributed by atoms with van der Waals surface area (Å²) in [5.41, 5.74) is -0.377. The van der Waals surface area contributed by atoms with Crippen LogP contribution in [0.15, 0.2) is 12.1 Å². The Kier molecular flexibility index (Phi) is 5.62. The third-order valence-electron chi connectivity index (χ3n) is 2.28. The summed E-state index contributed by atoms with van der Waals surface area (Å²) in [7, 11) is 0. The lowest BCUT2D eigenvalue weighted by Crippen LogP contribution is -2.36. The molecule has 1 aromatic rings. The minimum Gasteiger partial charge on any atom is -0.444 e. The van der Waals surface area contributed by atoms with E-state index < -0.39 is 30.2 Å². The summed E-state index contributed by atoms with van der Waals surface area (Å²) in [5.74, 6) is -0.724. The highest BCUT2D eigenvalue weighted by molar-refractivity contribution is 6.42. The van der Waals surface area contributed by atoms with Crippen LogP contribution in [0.4, 0.5) is 9.18 Å². The topological polar surface area (TPSA) is 58.6 Å². The van der Waals surface area contributed by atoms with Crippen molar-refractivity contribution in [1.29, 1.82) is 0 Å². The Labute approximate surface area is 126 Å². The van der Waals surface area contributed by atoms with Gasteiger partial charge in [-0.25, -0.2) is 9.18 Å². The minimum atomic E-state index is -0.839. The zero-order chi connectivity index (χ0) is 15.5. The van der Waals surface area contributed by atoms with Gasteiger partial charge in [0.2, 0.25) is 0 Å². The molecule has 2 N–H and O–H groups in total. The maximum absolute atomic E-state index is 13.5. The smallest absolute Gasteiger partial charge is 0.408 e. The van der Waals surface area contributed by atoms with Crippen LogP contribution in [0.3, 0.4) is 0 Å². The normalized spacial score (nSPS) is 12.9. The van der Waals surface area contributed by atoms with Gasteiger partial charge in [0, 0.05) is 0 Å². The molecule has 0 saturated carbocycles. The molecule has 1 amide bonds. The molecule has 0 heterocycles. The third-order valence-corrected chi connectivity index (χ3v) is 3.06. The second-order valence-electron chi connectivity index (χ2n) is 5.18. The summed E-state index contributed by atoms with van der Waals surface area (Å²) in [6, 6.07) is 1.65. The monoisotopic (exact) mass is 323 g/mol. The second-order valence-corrected chi connectivity index (χ2v) is 5.97. The van der Waals surface area contributed by atoms with Crippen molar-refractivity contribution in [3.8, 4) is 0 Å². The van der Waals surface area contributed by atoms with E-state index in [9.17, 15) is 14.3 Å². The van der Waals surface area contributed by atoms with Gasteiger partial charge in [-0.2, -0.15) is 0 Å². The van der Waals surface area contributed by atoms with Crippen molar-refractivity contribution >= 4 is 29.3 Å².